The van der Waals surface area contributed by atoms with Crippen molar-refractivity contribution < 1.29 is 32.2 Å². The summed E-state index contributed by atoms with van der Waals surface area (Å²) < 4.78 is 50.0. The topological polar surface area (TPSA) is 103 Å². The van der Waals surface area contributed by atoms with Gasteiger partial charge in [0.15, 0.2) is 11.5 Å². The number of ether oxygens (including phenoxy) is 4. The molecule has 0 saturated carbocycles. The Morgan fingerprint density at radius 3 is 2.17 bits per heavy atom. The van der Waals surface area contributed by atoms with Crippen molar-refractivity contribution >= 4 is 27.3 Å². The minimum atomic E-state index is -4.13. The van der Waals surface area contributed by atoms with Gasteiger partial charge in [-0.15, -0.1) is 0 Å². The lowest BCUT2D eigenvalue weighted by Crippen LogP contribution is -2.38. The largest absolute Gasteiger partial charge is 0.497 e. The number of amides is 1. The zero-order chi connectivity index (χ0) is 25.0. The lowest BCUT2D eigenvalue weighted by Gasteiger charge is -2.25. The van der Waals surface area contributed by atoms with Gasteiger partial charge in [-0.2, -0.15) is 0 Å². The van der Waals surface area contributed by atoms with E-state index in [1.807, 2.05) is 6.92 Å². The van der Waals surface area contributed by atoms with Gasteiger partial charge in [-0.25, -0.2) is 8.42 Å². The Morgan fingerprint density at radius 2 is 1.54 bits per heavy atom. The van der Waals surface area contributed by atoms with E-state index in [0.717, 1.165) is 9.87 Å². The molecule has 0 radical (unpaired) electrons. The van der Waals surface area contributed by atoms with Crippen LogP contribution in [-0.4, -0.2) is 48.3 Å². The molecule has 0 spiro atoms. The predicted octanol–water partition coefficient (Wildman–Crippen LogP) is 3.62. The van der Waals surface area contributed by atoms with Crippen molar-refractivity contribution in [1.29, 1.82) is 0 Å². The van der Waals surface area contributed by atoms with Crippen molar-refractivity contribution in [3.63, 3.8) is 0 Å². The minimum absolute atomic E-state index is 0.0156. The second kappa shape index (κ2) is 10.1. The molecule has 10 heteroatoms. The molecule has 0 atom stereocenters. The molecule has 0 unspecified atom stereocenters. The van der Waals surface area contributed by atoms with Crippen molar-refractivity contribution in [3.05, 3.63) is 66.2 Å². The molecule has 35 heavy (non-hydrogen) atoms. The third-order valence-electron chi connectivity index (χ3n) is 5.35. The maximum Gasteiger partial charge on any atom is 0.264 e. The van der Waals surface area contributed by atoms with Crippen molar-refractivity contribution in [1.82, 2.24) is 0 Å². The molecule has 1 N–H and O–H groups in total. The third kappa shape index (κ3) is 5.43. The van der Waals surface area contributed by atoms with E-state index in [2.05, 4.69) is 5.32 Å². The van der Waals surface area contributed by atoms with E-state index in [1.54, 1.807) is 48.5 Å². The number of fused-ring (bicyclic) bond motifs is 1. The van der Waals surface area contributed by atoms with Crippen LogP contribution in [0.5, 0.6) is 23.0 Å². The van der Waals surface area contributed by atoms with Gasteiger partial charge in [0.1, 0.15) is 31.3 Å². The summed E-state index contributed by atoms with van der Waals surface area (Å²) in [7, 11) is -1.13. The molecule has 184 valence electrons. The fourth-order valence-electron chi connectivity index (χ4n) is 3.55. The van der Waals surface area contributed by atoms with E-state index < -0.39 is 22.5 Å². The minimum Gasteiger partial charge on any atom is -0.497 e. The molecule has 9 nitrogen and oxygen atoms in total. The van der Waals surface area contributed by atoms with Gasteiger partial charge in [0.05, 0.1) is 24.8 Å². The number of aryl methyl sites for hydroxylation is 1. The molecular formula is C25H26N2O7S. The predicted molar refractivity (Wildman–Crippen MR) is 131 cm³/mol. The van der Waals surface area contributed by atoms with Crippen LogP contribution in [0.15, 0.2) is 65.6 Å². The molecule has 0 aromatic heterocycles. The summed E-state index contributed by atoms with van der Waals surface area (Å²) in [6.07, 6.45) is 0. The number of nitrogens with zero attached hydrogens (tertiary/aromatic N) is 1. The van der Waals surface area contributed by atoms with E-state index in [1.165, 1.54) is 26.4 Å². The zero-order valence-corrected chi connectivity index (χ0v) is 20.4. The Balaban J connectivity index is 1.66. The summed E-state index contributed by atoms with van der Waals surface area (Å²) in [6, 6.07) is 16.2. The standard InChI is InChI=1S/C25H26N2O7S/c1-17-4-6-19(7-5-17)27(16-25(28)26-18-12-20(31-2)14-21(13-18)32-3)35(29,30)22-8-9-23-24(15-22)34-11-10-33-23/h4-9,12-15H,10-11,16H2,1-3H3,(H,26,28). The molecule has 1 heterocycles. The second-order valence-corrected chi connectivity index (χ2v) is 9.66. The summed E-state index contributed by atoms with van der Waals surface area (Å²) >= 11 is 0. The summed E-state index contributed by atoms with van der Waals surface area (Å²) in [5, 5.41) is 2.73. The third-order valence-corrected chi connectivity index (χ3v) is 7.12. The van der Waals surface area contributed by atoms with Crippen LogP contribution in [-0.2, 0) is 14.8 Å². The monoisotopic (exact) mass is 498 g/mol. The van der Waals surface area contributed by atoms with Gasteiger partial charge in [0.2, 0.25) is 5.91 Å². The van der Waals surface area contributed by atoms with Gasteiger partial charge in [-0.05, 0) is 31.2 Å². The highest BCUT2D eigenvalue weighted by Gasteiger charge is 2.29. The van der Waals surface area contributed by atoms with Crippen LogP contribution in [0.2, 0.25) is 0 Å². The van der Waals surface area contributed by atoms with Gasteiger partial charge >= 0.3 is 0 Å². The van der Waals surface area contributed by atoms with E-state index in [9.17, 15) is 13.2 Å². The Kier molecular flexibility index (Phi) is 7.02. The van der Waals surface area contributed by atoms with Gasteiger partial charge in [0, 0.05) is 30.0 Å². The SMILES string of the molecule is COc1cc(NC(=O)CN(c2ccc(C)cc2)S(=O)(=O)c2ccc3c(c2)OCCO3)cc(OC)c1. The molecule has 0 aliphatic carbocycles. The Morgan fingerprint density at radius 1 is 0.914 bits per heavy atom. The molecule has 0 fully saturated rings. The van der Waals surface area contributed by atoms with E-state index in [4.69, 9.17) is 18.9 Å². The molecule has 4 rings (SSSR count). The Labute approximate surface area is 204 Å². The van der Waals surface area contributed by atoms with Gasteiger partial charge in [0.25, 0.3) is 10.0 Å². The average molecular weight is 499 g/mol. The quantitative estimate of drug-likeness (QED) is 0.506. The number of carbonyl (C=O) groups excluding carboxylic acids is 1. The van der Waals surface area contributed by atoms with Gasteiger partial charge in [-0.3, -0.25) is 9.10 Å². The fourth-order valence-corrected chi connectivity index (χ4v) is 4.98. The lowest BCUT2D eigenvalue weighted by atomic mass is 10.2. The highest BCUT2D eigenvalue weighted by Crippen LogP contribution is 2.34. The van der Waals surface area contributed by atoms with E-state index in [0.29, 0.717) is 47.6 Å². The number of anilines is 2. The maximum atomic E-state index is 13.7. The highest BCUT2D eigenvalue weighted by atomic mass is 32.2. The van der Waals surface area contributed by atoms with Crippen LogP contribution in [0, 0.1) is 6.92 Å². The first-order valence-corrected chi connectivity index (χ1v) is 12.3. The smallest absolute Gasteiger partial charge is 0.264 e. The number of nitrogens with one attached hydrogen (secondary N) is 1. The van der Waals surface area contributed by atoms with E-state index >= 15 is 0 Å². The first-order valence-electron chi connectivity index (χ1n) is 10.8. The highest BCUT2D eigenvalue weighted by molar-refractivity contribution is 7.92. The molecular weight excluding hydrogens is 472 g/mol. The van der Waals surface area contributed by atoms with Gasteiger partial charge < -0.3 is 24.3 Å². The first-order chi connectivity index (χ1) is 16.8. The number of carbonyl (C=O) groups is 1. The van der Waals surface area contributed by atoms with Gasteiger partial charge in [-0.1, -0.05) is 17.7 Å². The molecule has 0 bridgehead atoms. The fraction of sp³-hybridized carbons (Fsp3) is 0.240. The summed E-state index contributed by atoms with van der Waals surface area (Å²) in [5.74, 6) is 1.25. The number of hydrogen-bond acceptors (Lipinski definition) is 7. The van der Waals surface area contributed by atoms with Crippen molar-refractivity contribution in [3.8, 4) is 23.0 Å². The number of sulfonamides is 1. The average Bonchev–Trinajstić information content (AvgIpc) is 2.87. The number of benzene rings is 3. The Bertz CT molecular complexity index is 1300. The van der Waals surface area contributed by atoms with Crippen LogP contribution in [0.4, 0.5) is 11.4 Å². The van der Waals surface area contributed by atoms with Crippen molar-refractivity contribution in [2.75, 3.05) is 43.6 Å². The summed E-state index contributed by atoms with van der Waals surface area (Å²) in [5.41, 5.74) is 1.72. The first kappa shape index (κ1) is 24.2. The van der Waals surface area contributed by atoms with Crippen LogP contribution >= 0.6 is 0 Å². The molecule has 0 saturated heterocycles. The number of hydrogen-bond donors (Lipinski definition) is 1. The van der Waals surface area contributed by atoms with Crippen molar-refractivity contribution in [2.45, 2.75) is 11.8 Å². The molecule has 3 aromatic rings. The molecule has 3 aromatic carbocycles. The molecule has 1 aliphatic heterocycles. The maximum absolute atomic E-state index is 13.7. The molecule has 1 aliphatic rings. The lowest BCUT2D eigenvalue weighted by molar-refractivity contribution is -0.114. The second-order valence-electron chi connectivity index (χ2n) is 7.80. The van der Waals surface area contributed by atoms with Crippen LogP contribution in [0.1, 0.15) is 5.56 Å². The number of methoxy groups -OCH3 is 2. The van der Waals surface area contributed by atoms with Crippen molar-refractivity contribution in [2.24, 2.45) is 0 Å². The Hall–Kier alpha value is -3.92. The summed E-state index contributed by atoms with van der Waals surface area (Å²) in [4.78, 5) is 13.0. The van der Waals surface area contributed by atoms with Crippen LogP contribution in [0.25, 0.3) is 0 Å². The summed E-state index contributed by atoms with van der Waals surface area (Å²) in [6.45, 7) is 2.15. The van der Waals surface area contributed by atoms with Crippen LogP contribution in [0.3, 0.4) is 0 Å². The van der Waals surface area contributed by atoms with Crippen LogP contribution < -0.4 is 28.6 Å². The van der Waals surface area contributed by atoms with E-state index in [-0.39, 0.29) is 4.90 Å². The zero-order valence-electron chi connectivity index (χ0n) is 19.6. The normalized spacial score (nSPS) is 12.5. The number of rotatable bonds is 8. The molecule has 1 amide bonds.